The molecule has 2 aromatic heterocycles. The van der Waals surface area contributed by atoms with E-state index in [1.807, 2.05) is 17.6 Å². The molecule has 1 fully saturated rings. The second-order valence-corrected chi connectivity index (χ2v) is 5.85. The van der Waals surface area contributed by atoms with Crippen LogP contribution in [0.4, 0.5) is 5.82 Å². The molecule has 102 valence electrons. The molecule has 0 amide bonds. The van der Waals surface area contributed by atoms with Crippen molar-refractivity contribution in [2.45, 2.75) is 32.6 Å². The normalized spacial score (nSPS) is 18.0. The van der Waals surface area contributed by atoms with E-state index in [4.69, 9.17) is 11.6 Å². The lowest BCUT2D eigenvalue weighted by Gasteiger charge is -2.26. The van der Waals surface area contributed by atoms with Crippen molar-refractivity contribution < 1.29 is 0 Å². The molecular formula is C14H19ClN4. The molecule has 0 aromatic carbocycles. The van der Waals surface area contributed by atoms with Gasteiger partial charge in [0.05, 0.1) is 5.69 Å². The highest BCUT2D eigenvalue weighted by atomic mass is 35.5. The van der Waals surface area contributed by atoms with Gasteiger partial charge in [-0.2, -0.15) is 5.10 Å². The fraction of sp³-hybridized carbons (Fsp3) is 0.571. The van der Waals surface area contributed by atoms with Gasteiger partial charge in [0, 0.05) is 30.2 Å². The summed E-state index contributed by atoms with van der Waals surface area (Å²) >= 11 is 6.18. The Labute approximate surface area is 118 Å². The summed E-state index contributed by atoms with van der Waals surface area (Å²) < 4.78 is 1.87. The average Bonchev–Trinajstić information content (AvgIpc) is 3.02. The number of hydrogen-bond acceptors (Lipinski definition) is 3. The number of nitrogens with one attached hydrogen (secondary N) is 1. The standard InChI is InChI=1S/C14H19ClN4/c1-11-8-12-13(16-6-7-19(12)18-11)17-10-14(9-15)4-2-3-5-14/h6-8H,2-5,9-10H2,1H3,(H,16,17). The summed E-state index contributed by atoms with van der Waals surface area (Å²) in [5.41, 5.74) is 2.28. The molecule has 0 spiro atoms. The number of fused-ring (bicyclic) bond motifs is 1. The molecule has 3 rings (SSSR count). The van der Waals surface area contributed by atoms with Crippen LogP contribution in [0.25, 0.3) is 5.52 Å². The van der Waals surface area contributed by atoms with Gasteiger partial charge in [0.2, 0.25) is 0 Å². The van der Waals surface area contributed by atoms with Crippen LogP contribution in [0, 0.1) is 12.3 Å². The lowest BCUT2D eigenvalue weighted by molar-refractivity contribution is 0.368. The average molecular weight is 279 g/mol. The van der Waals surface area contributed by atoms with Gasteiger partial charge in [0.15, 0.2) is 5.82 Å². The molecule has 1 aliphatic carbocycles. The number of hydrogen-bond donors (Lipinski definition) is 1. The Bertz CT molecular complexity index is 572. The van der Waals surface area contributed by atoms with Crippen molar-refractivity contribution >= 4 is 22.9 Å². The van der Waals surface area contributed by atoms with Crippen LogP contribution in [0.2, 0.25) is 0 Å². The highest BCUT2D eigenvalue weighted by Crippen LogP contribution is 2.39. The first-order chi connectivity index (χ1) is 9.22. The minimum absolute atomic E-state index is 0.241. The van der Waals surface area contributed by atoms with Gasteiger partial charge in [-0.05, 0) is 25.8 Å². The summed E-state index contributed by atoms with van der Waals surface area (Å²) in [7, 11) is 0. The zero-order chi connectivity index (χ0) is 13.3. The minimum atomic E-state index is 0.241. The Morgan fingerprint density at radius 2 is 2.21 bits per heavy atom. The second-order valence-electron chi connectivity index (χ2n) is 5.59. The highest BCUT2D eigenvalue weighted by Gasteiger charge is 2.32. The van der Waals surface area contributed by atoms with Crippen LogP contribution >= 0.6 is 11.6 Å². The fourth-order valence-corrected chi connectivity index (χ4v) is 3.30. The van der Waals surface area contributed by atoms with E-state index >= 15 is 0 Å². The molecule has 0 radical (unpaired) electrons. The molecule has 0 saturated heterocycles. The predicted octanol–water partition coefficient (Wildman–Crippen LogP) is 3.25. The summed E-state index contributed by atoms with van der Waals surface area (Å²) in [6.45, 7) is 2.89. The number of nitrogens with zero attached hydrogens (tertiary/aromatic N) is 3. The van der Waals surface area contributed by atoms with E-state index in [9.17, 15) is 0 Å². The molecule has 1 saturated carbocycles. The van der Waals surface area contributed by atoms with Crippen LogP contribution in [0.5, 0.6) is 0 Å². The quantitative estimate of drug-likeness (QED) is 0.873. The van der Waals surface area contributed by atoms with Crippen LogP contribution in [0.1, 0.15) is 31.4 Å². The first-order valence-corrected chi connectivity index (χ1v) is 7.37. The zero-order valence-electron chi connectivity index (χ0n) is 11.2. The first kappa shape index (κ1) is 12.7. The summed E-state index contributed by atoms with van der Waals surface area (Å²) in [4.78, 5) is 4.43. The number of aryl methyl sites for hydroxylation is 1. The molecule has 2 aromatic rings. The summed E-state index contributed by atoms with van der Waals surface area (Å²) in [6, 6.07) is 2.05. The van der Waals surface area contributed by atoms with Crippen LogP contribution in [0.3, 0.4) is 0 Å². The monoisotopic (exact) mass is 278 g/mol. The third-order valence-corrected chi connectivity index (χ3v) is 4.66. The first-order valence-electron chi connectivity index (χ1n) is 6.83. The van der Waals surface area contributed by atoms with Crippen molar-refractivity contribution in [2.75, 3.05) is 17.7 Å². The van der Waals surface area contributed by atoms with Crippen molar-refractivity contribution in [3.8, 4) is 0 Å². The maximum atomic E-state index is 6.18. The third-order valence-electron chi connectivity index (χ3n) is 4.09. The van der Waals surface area contributed by atoms with E-state index in [1.54, 1.807) is 6.20 Å². The number of alkyl halides is 1. The van der Waals surface area contributed by atoms with Crippen LogP contribution in [-0.2, 0) is 0 Å². The number of aromatic nitrogens is 3. The molecule has 1 aliphatic rings. The third kappa shape index (κ3) is 2.41. The van der Waals surface area contributed by atoms with Crippen LogP contribution in [0.15, 0.2) is 18.5 Å². The van der Waals surface area contributed by atoms with E-state index < -0.39 is 0 Å². The van der Waals surface area contributed by atoms with Gasteiger partial charge in [-0.3, -0.25) is 0 Å². The maximum absolute atomic E-state index is 6.18. The SMILES string of the molecule is Cc1cc2c(NCC3(CCl)CCCC3)nccn2n1. The molecule has 0 aliphatic heterocycles. The molecule has 19 heavy (non-hydrogen) atoms. The van der Waals surface area contributed by atoms with Crippen molar-refractivity contribution in [3.05, 3.63) is 24.2 Å². The van der Waals surface area contributed by atoms with Crippen LogP contribution in [-0.4, -0.2) is 27.0 Å². The lowest BCUT2D eigenvalue weighted by atomic mass is 9.88. The summed E-state index contributed by atoms with van der Waals surface area (Å²) in [5.74, 6) is 1.63. The Balaban J connectivity index is 1.81. The van der Waals surface area contributed by atoms with Crippen LogP contribution < -0.4 is 5.32 Å². The van der Waals surface area contributed by atoms with E-state index in [2.05, 4.69) is 21.5 Å². The molecule has 2 heterocycles. The van der Waals surface area contributed by atoms with Gasteiger partial charge >= 0.3 is 0 Å². The smallest absolute Gasteiger partial charge is 0.152 e. The van der Waals surface area contributed by atoms with E-state index in [1.165, 1.54) is 25.7 Å². The molecular weight excluding hydrogens is 260 g/mol. The van der Waals surface area contributed by atoms with Gasteiger partial charge in [-0.25, -0.2) is 9.50 Å². The minimum Gasteiger partial charge on any atom is -0.368 e. The maximum Gasteiger partial charge on any atom is 0.152 e. The summed E-state index contributed by atoms with van der Waals surface area (Å²) in [6.07, 6.45) is 8.66. The Hall–Kier alpha value is -1.29. The molecule has 1 N–H and O–H groups in total. The molecule has 0 unspecified atom stereocenters. The topological polar surface area (TPSA) is 42.2 Å². The van der Waals surface area contributed by atoms with Gasteiger partial charge < -0.3 is 5.32 Å². The fourth-order valence-electron chi connectivity index (χ4n) is 2.93. The van der Waals surface area contributed by atoms with Gasteiger partial charge in [-0.1, -0.05) is 12.8 Å². The van der Waals surface area contributed by atoms with E-state index in [-0.39, 0.29) is 5.41 Å². The van der Waals surface area contributed by atoms with E-state index in [0.717, 1.165) is 29.5 Å². The van der Waals surface area contributed by atoms with Crippen molar-refractivity contribution in [2.24, 2.45) is 5.41 Å². The predicted molar refractivity (Wildman–Crippen MR) is 77.8 cm³/mol. The molecule has 0 bridgehead atoms. The van der Waals surface area contributed by atoms with Gasteiger partial charge in [-0.15, -0.1) is 11.6 Å². The number of anilines is 1. The van der Waals surface area contributed by atoms with Gasteiger partial charge in [0.1, 0.15) is 5.52 Å². The zero-order valence-corrected chi connectivity index (χ0v) is 12.0. The van der Waals surface area contributed by atoms with Gasteiger partial charge in [0.25, 0.3) is 0 Å². The van der Waals surface area contributed by atoms with Crippen molar-refractivity contribution in [1.29, 1.82) is 0 Å². The second kappa shape index (κ2) is 5.00. The largest absolute Gasteiger partial charge is 0.368 e. The molecule has 4 nitrogen and oxygen atoms in total. The Kier molecular flexibility index (Phi) is 3.35. The Morgan fingerprint density at radius 1 is 1.42 bits per heavy atom. The Morgan fingerprint density at radius 3 is 2.95 bits per heavy atom. The van der Waals surface area contributed by atoms with Crippen molar-refractivity contribution in [3.63, 3.8) is 0 Å². The molecule has 5 heteroatoms. The number of rotatable bonds is 4. The van der Waals surface area contributed by atoms with Crippen molar-refractivity contribution in [1.82, 2.24) is 14.6 Å². The number of halogens is 1. The lowest BCUT2D eigenvalue weighted by Crippen LogP contribution is -2.28. The highest BCUT2D eigenvalue weighted by molar-refractivity contribution is 6.18. The van der Waals surface area contributed by atoms with E-state index in [0.29, 0.717) is 0 Å². The summed E-state index contributed by atoms with van der Waals surface area (Å²) in [5, 5.41) is 7.88. The molecule has 0 atom stereocenters.